The Morgan fingerprint density at radius 1 is 1.31 bits per heavy atom. The maximum absolute atomic E-state index is 12.5. The molecule has 1 N–H and O–H groups in total. The zero-order valence-electron chi connectivity index (χ0n) is 9.63. The maximum Gasteiger partial charge on any atom is 0.391 e. The average Bonchev–Trinajstić information content (AvgIpc) is 2.17. The predicted octanol–water partition coefficient (Wildman–Crippen LogP) is 2.28. The van der Waals surface area contributed by atoms with Gasteiger partial charge in [-0.3, -0.25) is 0 Å². The van der Waals surface area contributed by atoms with Gasteiger partial charge in [-0.15, -0.1) is 0 Å². The SMILES string of the molecule is CN(CCO)CC1CCCC(C(F)(F)F)C1. The first-order valence-electron chi connectivity index (χ1n) is 5.79. The van der Waals surface area contributed by atoms with Gasteiger partial charge in [-0.1, -0.05) is 6.42 Å². The molecule has 1 saturated carbocycles. The first-order valence-corrected chi connectivity index (χ1v) is 5.79. The number of alkyl halides is 3. The fraction of sp³-hybridized carbons (Fsp3) is 1.00. The summed E-state index contributed by atoms with van der Waals surface area (Å²) < 4.78 is 37.6. The lowest BCUT2D eigenvalue weighted by molar-refractivity contribution is -0.186. The summed E-state index contributed by atoms with van der Waals surface area (Å²) in [7, 11) is 1.84. The van der Waals surface area contributed by atoms with Gasteiger partial charge in [0.05, 0.1) is 12.5 Å². The van der Waals surface area contributed by atoms with E-state index in [4.69, 9.17) is 5.11 Å². The van der Waals surface area contributed by atoms with Crippen LogP contribution in [0.25, 0.3) is 0 Å². The number of rotatable bonds is 4. The highest BCUT2D eigenvalue weighted by Crippen LogP contribution is 2.39. The van der Waals surface area contributed by atoms with E-state index in [-0.39, 0.29) is 25.4 Å². The van der Waals surface area contributed by atoms with E-state index in [1.165, 1.54) is 0 Å². The first-order chi connectivity index (χ1) is 7.43. The van der Waals surface area contributed by atoms with Gasteiger partial charge in [-0.25, -0.2) is 0 Å². The Bertz CT molecular complexity index is 208. The fourth-order valence-electron chi connectivity index (χ4n) is 2.46. The van der Waals surface area contributed by atoms with Crippen LogP contribution in [0.5, 0.6) is 0 Å². The quantitative estimate of drug-likeness (QED) is 0.813. The number of aliphatic hydroxyl groups excluding tert-OH is 1. The molecule has 2 nitrogen and oxygen atoms in total. The summed E-state index contributed by atoms with van der Waals surface area (Å²) in [5.41, 5.74) is 0. The van der Waals surface area contributed by atoms with Crippen molar-refractivity contribution >= 4 is 0 Å². The highest BCUT2D eigenvalue weighted by molar-refractivity contribution is 4.79. The van der Waals surface area contributed by atoms with Crippen LogP contribution in [-0.4, -0.2) is 42.9 Å². The molecule has 2 atom stereocenters. The summed E-state index contributed by atoms with van der Waals surface area (Å²) in [5.74, 6) is -0.995. The monoisotopic (exact) mass is 239 g/mol. The number of hydrogen-bond acceptors (Lipinski definition) is 2. The molecule has 0 saturated heterocycles. The van der Waals surface area contributed by atoms with Crippen molar-refractivity contribution in [3.05, 3.63) is 0 Å². The Kier molecular flexibility index (Phi) is 5.05. The van der Waals surface area contributed by atoms with Gasteiger partial charge in [0.1, 0.15) is 0 Å². The second-order valence-corrected chi connectivity index (χ2v) is 4.76. The highest BCUT2D eigenvalue weighted by atomic mass is 19.4. The van der Waals surface area contributed by atoms with Crippen molar-refractivity contribution in [2.45, 2.75) is 31.9 Å². The molecule has 16 heavy (non-hydrogen) atoms. The van der Waals surface area contributed by atoms with Crippen molar-refractivity contribution in [1.29, 1.82) is 0 Å². The molecule has 2 unspecified atom stereocenters. The van der Waals surface area contributed by atoms with E-state index < -0.39 is 12.1 Å². The molecule has 0 heterocycles. The van der Waals surface area contributed by atoms with Crippen molar-refractivity contribution in [2.75, 3.05) is 26.7 Å². The van der Waals surface area contributed by atoms with Crippen molar-refractivity contribution in [2.24, 2.45) is 11.8 Å². The summed E-state index contributed by atoms with van der Waals surface area (Å²) >= 11 is 0. The van der Waals surface area contributed by atoms with Crippen LogP contribution in [0.2, 0.25) is 0 Å². The van der Waals surface area contributed by atoms with Crippen LogP contribution >= 0.6 is 0 Å². The number of hydrogen-bond donors (Lipinski definition) is 1. The van der Waals surface area contributed by atoms with Crippen molar-refractivity contribution in [3.8, 4) is 0 Å². The lowest BCUT2D eigenvalue weighted by Gasteiger charge is -2.32. The molecule has 1 rings (SSSR count). The Morgan fingerprint density at radius 3 is 2.56 bits per heavy atom. The van der Waals surface area contributed by atoms with Gasteiger partial charge in [-0.05, 0) is 32.2 Å². The molecule has 1 fully saturated rings. The normalized spacial score (nSPS) is 27.4. The summed E-state index contributed by atoms with van der Waals surface area (Å²) in [6.07, 6.45) is -1.96. The number of aliphatic hydroxyl groups is 1. The van der Waals surface area contributed by atoms with Gasteiger partial charge in [0.15, 0.2) is 0 Å². The van der Waals surface area contributed by atoms with Crippen molar-refractivity contribution in [1.82, 2.24) is 4.90 Å². The molecule has 0 radical (unpaired) electrons. The van der Waals surface area contributed by atoms with Crippen LogP contribution < -0.4 is 0 Å². The minimum atomic E-state index is -4.03. The van der Waals surface area contributed by atoms with E-state index in [2.05, 4.69) is 0 Å². The molecule has 0 bridgehead atoms. The van der Waals surface area contributed by atoms with E-state index in [9.17, 15) is 13.2 Å². The molecule has 1 aliphatic carbocycles. The van der Waals surface area contributed by atoms with Crippen molar-refractivity contribution in [3.63, 3.8) is 0 Å². The van der Waals surface area contributed by atoms with Gasteiger partial charge in [0.25, 0.3) is 0 Å². The molecule has 96 valence electrons. The van der Waals surface area contributed by atoms with Gasteiger partial charge < -0.3 is 10.0 Å². The standard InChI is InChI=1S/C11H20F3NO/c1-15(5-6-16)8-9-3-2-4-10(7-9)11(12,13)14/h9-10,16H,2-8H2,1H3. The molecular formula is C11H20F3NO. The molecule has 0 aromatic carbocycles. The van der Waals surface area contributed by atoms with E-state index in [0.717, 1.165) is 6.42 Å². The van der Waals surface area contributed by atoms with Gasteiger partial charge >= 0.3 is 6.18 Å². The zero-order chi connectivity index (χ0) is 12.2. The minimum Gasteiger partial charge on any atom is -0.395 e. The number of halogens is 3. The molecule has 1 aliphatic rings. The highest BCUT2D eigenvalue weighted by Gasteiger charge is 2.42. The Balaban J connectivity index is 2.39. The third kappa shape index (κ3) is 4.29. The average molecular weight is 239 g/mol. The molecule has 0 aromatic heterocycles. The van der Waals surface area contributed by atoms with Gasteiger partial charge in [-0.2, -0.15) is 13.2 Å². The van der Waals surface area contributed by atoms with Gasteiger partial charge in [0, 0.05) is 13.1 Å². The number of nitrogens with zero attached hydrogens (tertiary/aromatic N) is 1. The third-order valence-electron chi connectivity index (χ3n) is 3.30. The number of likely N-dealkylation sites (N-methyl/N-ethyl adjacent to an activating group) is 1. The predicted molar refractivity (Wildman–Crippen MR) is 56.1 cm³/mol. The Morgan fingerprint density at radius 2 is 2.00 bits per heavy atom. The van der Waals surface area contributed by atoms with Crippen molar-refractivity contribution < 1.29 is 18.3 Å². The summed E-state index contributed by atoms with van der Waals surface area (Å²) in [6.45, 7) is 1.26. The molecular weight excluding hydrogens is 219 g/mol. The minimum absolute atomic E-state index is 0.0614. The molecule has 0 aliphatic heterocycles. The van der Waals surface area contributed by atoms with Crippen LogP contribution in [0.4, 0.5) is 13.2 Å². The van der Waals surface area contributed by atoms with E-state index >= 15 is 0 Å². The van der Waals surface area contributed by atoms with Crippen LogP contribution in [0.15, 0.2) is 0 Å². The zero-order valence-corrected chi connectivity index (χ0v) is 9.63. The molecule has 0 aromatic rings. The summed E-state index contributed by atoms with van der Waals surface area (Å²) in [5, 5.41) is 8.73. The summed E-state index contributed by atoms with van der Waals surface area (Å²) in [6, 6.07) is 0. The maximum atomic E-state index is 12.5. The lowest BCUT2D eigenvalue weighted by Crippen LogP contribution is -2.35. The largest absolute Gasteiger partial charge is 0.395 e. The second-order valence-electron chi connectivity index (χ2n) is 4.76. The van der Waals surface area contributed by atoms with E-state index in [1.54, 1.807) is 0 Å². The Labute approximate surface area is 94.4 Å². The van der Waals surface area contributed by atoms with E-state index in [1.807, 2.05) is 11.9 Å². The third-order valence-corrected chi connectivity index (χ3v) is 3.30. The topological polar surface area (TPSA) is 23.5 Å². The molecule has 0 spiro atoms. The van der Waals surface area contributed by atoms with Crippen LogP contribution in [0.3, 0.4) is 0 Å². The van der Waals surface area contributed by atoms with E-state index in [0.29, 0.717) is 19.5 Å². The molecule has 0 amide bonds. The lowest BCUT2D eigenvalue weighted by atomic mass is 9.81. The fourth-order valence-corrected chi connectivity index (χ4v) is 2.46. The van der Waals surface area contributed by atoms with Crippen LogP contribution in [-0.2, 0) is 0 Å². The van der Waals surface area contributed by atoms with Gasteiger partial charge in [0.2, 0.25) is 0 Å². The summed E-state index contributed by atoms with van der Waals surface area (Å²) in [4.78, 5) is 1.91. The Hall–Kier alpha value is -0.290. The van der Waals surface area contributed by atoms with Crippen LogP contribution in [0.1, 0.15) is 25.7 Å². The van der Waals surface area contributed by atoms with Crippen LogP contribution in [0, 0.1) is 11.8 Å². The first kappa shape index (κ1) is 13.8. The second kappa shape index (κ2) is 5.87. The smallest absolute Gasteiger partial charge is 0.391 e. The molecule has 5 heteroatoms.